The fraction of sp³-hybridized carbons (Fsp3) is 0.200. The Hall–Kier alpha value is -2.16. The Morgan fingerprint density at radius 1 is 1.06 bits per heavy atom. The fourth-order valence-electron chi connectivity index (χ4n) is 1.76. The van der Waals surface area contributed by atoms with E-state index in [-0.39, 0.29) is 0 Å². The topological polar surface area (TPSA) is 38.5 Å². The van der Waals surface area contributed by atoms with Crippen LogP contribution in [0.4, 0.5) is 11.4 Å². The molecule has 2 aromatic rings. The van der Waals surface area contributed by atoms with Gasteiger partial charge in [0.05, 0.1) is 5.69 Å². The van der Waals surface area contributed by atoms with Gasteiger partial charge in [0.1, 0.15) is 5.75 Å². The molecule has 94 valence electrons. The van der Waals surface area contributed by atoms with Crippen molar-refractivity contribution in [1.29, 1.82) is 0 Å². The molecule has 0 aliphatic heterocycles. The third-order valence-corrected chi connectivity index (χ3v) is 2.80. The van der Waals surface area contributed by atoms with Gasteiger partial charge in [0.25, 0.3) is 0 Å². The standard InChI is InChI=1S/C15H18N2O/c1-11-6-4-9-14(16)15(11)18-13-8-5-7-12(10-13)17(2)3/h4-10H,16H2,1-3H3. The van der Waals surface area contributed by atoms with E-state index in [4.69, 9.17) is 10.5 Å². The smallest absolute Gasteiger partial charge is 0.153 e. The summed E-state index contributed by atoms with van der Waals surface area (Å²) < 4.78 is 5.88. The number of hydrogen-bond acceptors (Lipinski definition) is 3. The highest BCUT2D eigenvalue weighted by atomic mass is 16.5. The molecule has 18 heavy (non-hydrogen) atoms. The molecule has 0 spiro atoms. The molecule has 0 unspecified atom stereocenters. The predicted octanol–water partition coefficient (Wildman–Crippen LogP) is 3.44. The van der Waals surface area contributed by atoms with E-state index in [0.717, 1.165) is 22.7 Å². The summed E-state index contributed by atoms with van der Waals surface area (Å²) in [5.74, 6) is 1.52. The van der Waals surface area contributed by atoms with Gasteiger partial charge < -0.3 is 15.4 Å². The van der Waals surface area contributed by atoms with Crippen LogP contribution < -0.4 is 15.4 Å². The van der Waals surface area contributed by atoms with Gasteiger partial charge >= 0.3 is 0 Å². The highest BCUT2D eigenvalue weighted by Crippen LogP contribution is 2.32. The van der Waals surface area contributed by atoms with Crippen LogP contribution in [0, 0.1) is 6.92 Å². The summed E-state index contributed by atoms with van der Waals surface area (Å²) in [7, 11) is 4.00. The SMILES string of the molecule is Cc1cccc(N)c1Oc1cccc(N(C)C)c1. The van der Waals surface area contributed by atoms with Crippen molar-refractivity contribution in [3.63, 3.8) is 0 Å². The fourth-order valence-corrected chi connectivity index (χ4v) is 1.76. The summed E-state index contributed by atoms with van der Waals surface area (Å²) >= 11 is 0. The molecule has 2 rings (SSSR count). The van der Waals surface area contributed by atoms with Gasteiger partial charge in [0, 0.05) is 25.8 Å². The molecule has 0 radical (unpaired) electrons. The van der Waals surface area contributed by atoms with Gasteiger partial charge in [-0.2, -0.15) is 0 Å². The number of para-hydroxylation sites is 1. The Morgan fingerprint density at radius 2 is 1.78 bits per heavy atom. The molecule has 0 aliphatic carbocycles. The van der Waals surface area contributed by atoms with Gasteiger partial charge in [-0.05, 0) is 30.7 Å². The van der Waals surface area contributed by atoms with Crippen molar-refractivity contribution in [3.8, 4) is 11.5 Å². The lowest BCUT2D eigenvalue weighted by molar-refractivity contribution is 0.481. The summed E-state index contributed by atoms with van der Waals surface area (Å²) in [4.78, 5) is 2.04. The van der Waals surface area contributed by atoms with E-state index in [1.54, 1.807) is 0 Å². The molecule has 3 nitrogen and oxygen atoms in total. The number of anilines is 2. The zero-order valence-corrected chi connectivity index (χ0v) is 11.0. The van der Waals surface area contributed by atoms with Crippen LogP contribution in [0.25, 0.3) is 0 Å². The molecule has 0 heterocycles. The highest BCUT2D eigenvalue weighted by molar-refractivity contribution is 5.59. The molecule has 0 saturated carbocycles. The van der Waals surface area contributed by atoms with E-state index in [1.807, 2.05) is 68.4 Å². The Balaban J connectivity index is 2.31. The lowest BCUT2D eigenvalue weighted by Crippen LogP contribution is -2.08. The maximum absolute atomic E-state index is 5.93. The summed E-state index contributed by atoms with van der Waals surface area (Å²) in [5.41, 5.74) is 8.72. The van der Waals surface area contributed by atoms with Crippen molar-refractivity contribution in [3.05, 3.63) is 48.0 Å². The molecular weight excluding hydrogens is 224 g/mol. The maximum Gasteiger partial charge on any atom is 0.153 e. The van der Waals surface area contributed by atoms with E-state index in [0.29, 0.717) is 5.69 Å². The van der Waals surface area contributed by atoms with E-state index in [2.05, 4.69) is 0 Å². The van der Waals surface area contributed by atoms with Crippen LogP contribution in [0.3, 0.4) is 0 Å². The first-order valence-electron chi connectivity index (χ1n) is 5.88. The van der Waals surface area contributed by atoms with E-state index >= 15 is 0 Å². The average molecular weight is 242 g/mol. The van der Waals surface area contributed by atoms with Gasteiger partial charge in [0.2, 0.25) is 0 Å². The Bertz CT molecular complexity index is 530. The lowest BCUT2D eigenvalue weighted by atomic mass is 10.2. The van der Waals surface area contributed by atoms with Gasteiger partial charge in [-0.3, -0.25) is 0 Å². The van der Waals surface area contributed by atoms with Crippen LogP contribution in [0.2, 0.25) is 0 Å². The summed E-state index contributed by atoms with van der Waals surface area (Å²) in [5, 5.41) is 0. The zero-order valence-electron chi connectivity index (χ0n) is 11.0. The second-order valence-electron chi connectivity index (χ2n) is 4.49. The van der Waals surface area contributed by atoms with Crippen LogP contribution in [0.1, 0.15) is 5.56 Å². The molecule has 2 N–H and O–H groups in total. The second kappa shape index (κ2) is 5.00. The number of aryl methyl sites for hydroxylation is 1. The van der Waals surface area contributed by atoms with E-state index in [1.165, 1.54) is 0 Å². The summed E-state index contributed by atoms with van der Waals surface area (Å²) in [6.45, 7) is 1.99. The third-order valence-electron chi connectivity index (χ3n) is 2.80. The van der Waals surface area contributed by atoms with E-state index < -0.39 is 0 Å². The molecule has 0 aliphatic rings. The van der Waals surface area contributed by atoms with Crippen LogP contribution >= 0.6 is 0 Å². The lowest BCUT2D eigenvalue weighted by Gasteiger charge is -2.15. The number of nitrogen functional groups attached to an aromatic ring is 1. The Morgan fingerprint density at radius 3 is 2.44 bits per heavy atom. The Labute approximate surface area is 108 Å². The number of rotatable bonds is 3. The van der Waals surface area contributed by atoms with Crippen molar-refractivity contribution in [2.24, 2.45) is 0 Å². The number of benzene rings is 2. The number of nitrogens with two attached hydrogens (primary N) is 1. The quantitative estimate of drug-likeness (QED) is 0.838. The third kappa shape index (κ3) is 2.56. The largest absolute Gasteiger partial charge is 0.455 e. The van der Waals surface area contributed by atoms with Crippen LogP contribution in [0.15, 0.2) is 42.5 Å². The normalized spacial score (nSPS) is 10.2. The maximum atomic E-state index is 5.93. The number of hydrogen-bond donors (Lipinski definition) is 1. The number of ether oxygens (including phenoxy) is 1. The first-order chi connectivity index (χ1) is 8.58. The minimum Gasteiger partial charge on any atom is -0.455 e. The van der Waals surface area contributed by atoms with Gasteiger partial charge in [-0.15, -0.1) is 0 Å². The van der Waals surface area contributed by atoms with Crippen LogP contribution in [0.5, 0.6) is 11.5 Å². The van der Waals surface area contributed by atoms with Crippen LogP contribution in [-0.4, -0.2) is 14.1 Å². The predicted molar refractivity (Wildman–Crippen MR) is 76.4 cm³/mol. The van der Waals surface area contributed by atoms with Gasteiger partial charge in [-0.25, -0.2) is 0 Å². The summed E-state index contributed by atoms with van der Waals surface area (Å²) in [6.07, 6.45) is 0. The molecule has 0 saturated heterocycles. The first-order valence-corrected chi connectivity index (χ1v) is 5.88. The van der Waals surface area contributed by atoms with Crippen molar-refractivity contribution < 1.29 is 4.74 Å². The second-order valence-corrected chi connectivity index (χ2v) is 4.49. The highest BCUT2D eigenvalue weighted by Gasteiger charge is 2.06. The monoisotopic (exact) mass is 242 g/mol. The zero-order chi connectivity index (χ0) is 13.1. The average Bonchev–Trinajstić information content (AvgIpc) is 2.34. The molecule has 0 amide bonds. The van der Waals surface area contributed by atoms with Crippen molar-refractivity contribution in [1.82, 2.24) is 0 Å². The molecule has 0 atom stereocenters. The minimum atomic E-state index is 0.658. The first kappa shape index (κ1) is 12.3. The molecule has 0 fully saturated rings. The van der Waals surface area contributed by atoms with E-state index in [9.17, 15) is 0 Å². The van der Waals surface area contributed by atoms with Crippen molar-refractivity contribution in [2.45, 2.75) is 6.92 Å². The summed E-state index contributed by atoms with van der Waals surface area (Å²) in [6, 6.07) is 13.7. The Kier molecular flexibility index (Phi) is 3.42. The molecule has 0 aromatic heterocycles. The molecular formula is C15H18N2O. The van der Waals surface area contributed by atoms with Gasteiger partial charge in [0.15, 0.2) is 5.75 Å². The minimum absolute atomic E-state index is 0.658. The molecule has 3 heteroatoms. The molecule has 0 bridgehead atoms. The molecule has 2 aromatic carbocycles. The van der Waals surface area contributed by atoms with Crippen LogP contribution in [-0.2, 0) is 0 Å². The van der Waals surface area contributed by atoms with Gasteiger partial charge in [-0.1, -0.05) is 18.2 Å². The van der Waals surface area contributed by atoms with Crippen molar-refractivity contribution in [2.75, 3.05) is 24.7 Å². The number of nitrogens with zero attached hydrogens (tertiary/aromatic N) is 1. The van der Waals surface area contributed by atoms with Crippen molar-refractivity contribution >= 4 is 11.4 Å².